The molecule has 0 spiro atoms. The Hall–Kier alpha value is -1.19. The molecule has 0 saturated carbocycles. The Labute approximate surface area is 90.2 Å². The second kappa shape index (κ2) is 5.63. The summed E-state index contributed by atoms with van der Waals surface area (Å²) in [6, 6.07) is 8.74. The number of ether oxygens (including phenoxy) is 1. The third-order valence-electron chi connectivity index (χ3n) is 2.06. The van der Waals surface area contributed by atoms with Gasteiger partial charge in [-0.05, 0) is 19.4 Å². The second-order valence-electron chi connectivity index (χ2n) is 3.71. The molecule has 1 aromatic carbocycles. The fraction of sp³-hybridized carbons (Fsp3) is 0.417. The van der Waals surface area contributed by atoms with Gasteiger partial charge in [0.1, 0.15) is 6.61 Å². The molecule has 0 radical (unpaired) electrons. The topological polar surface area (TPSA) is 52.3 Å². The number of nitrogens with two attached hydrogens (primary N) is 1. The van der Waals surface area contributed by atoms with Crippen LogP contribution in [0.25, 0.3) is 0 Å². The molecule has 3 nitrogen and oxygen atoms in total. The van der Waals surface area contributed by atoms with Crippen LogP contribution in [0.1, 0.15) is 25.5 Å². The highest BCUT2D eigenvalue weighted by atomic mass is 16.5. The van der Waals surface area contributed by atoms with E-state index in [0.717, 1.165) is 5.56 Å². The van der Waals surface area contributed by atoms with Gasteiger partial charge in [0.15, 0.2) is 5.78 Å². The van der Waals surface area contributed by atoms with Crippen LogP contribution in [0.15, 0.2) is 30.3 Å². The van der Waals surface area contributed by atoms with Crippen molar-refractivity contribution >= 4 is 5.78 Å². The summed E-state index contributed by atoms with van der Waals surface area (Å²) in [6.45, 7) is 3.86. The highest BCUT2D eigenvalue weighted by Gasteiger charge is 2.15. The lowest BCUT2D eigenvalue weighted by Crippen LogP contribution is -2.26. The van der Waals surface area contributed by atoms with E-state index in [1.807, 2.05) is 44.2 Å². The summed E-state index contributed by atoms with van der Waals surface area (Å²) in [5.41, 5.74) is 6.62. The molecule has 0 bridgehead atoms. The van der Waals surface area contributed by atoms with Crippen molar-refractivity contribution in [1.29, 1.82) is 0 Å². The van der Waals surface area contributed by atoms with Gasteiger partial charge in [-0.25, -0.2) is 0 Å². The van der Waals surface area contributed by atoms with Crippen LogP contribution in [0.4, 0.5) is 0 Å². The zero-order valence-electron chi connectivity index (χ0n) is 9.14. The third kappa shape index (κ3) is 3.81. The molecule has 1 rings (SSSR count). The van der Waals surface area contributed by atoms with Crippen LogP contribution in [0, 0.1) is 0 Å². The number of ketones is 1. The summed E-state index contributed by atoms with van der Waals surface area (Å²) in [6.07, 6.45) is 0.0527. The zero-order chi connectivity index (χ0) is 11.3. The molecule has 82 valence electrons. The van der Waals surface area contributed by atoms with Gasteiger partial charge in [0.05, 0.1) is 12.1 Å². The lowest BCUT2D eigenvalue weighted by Gasteiger charge is -2.12. The Morgan fingerprint density at radius 3 is 2.47 bits per heavy atom. The first-order valence-electron chi connectivity index (χ1n) is 5.06. The summed E-state index contributed by atoms with van der Waals surface area (Å²) >= 11 is 0. The van der Waals surface area contributed by atoms with Gasteiger partial charge >= 0.3 is 0 Å². The zero-order valence-corrected chi connectivity index (χ0v) is 9.14. The van der Waals surface area contributed by atoms with Crippen LogP contribution >= 0.6 is 0 Å². The molecule has 0 aliphatic heterocycles. The normalized spacial score (nSPS) is 12.8. The van der Waals surface area contributed by atoms with Gasteiger partial charge in [-0.15, -0.1) is 0 Å². The predicted octanol–water partition coefficient (Wildman–Crippen LogP) is 1.68. The summed E-state index contributed by atoms with van der Waals surface area (Å²) in [5, 5.41) is 0. The molecule has 1 atom stereocenters. The van der Waals surface area contributed by atoms with Gasteiger partial charge in [-0.3, -0.25) is 4.79 Å². The second-order valence-corrected chi connectivity index (χ2v) is 3.71. The number of carbonyl (C=O) groups is 1. The van der Waals surface area contributed by atoms with Gasteiger partial charge in [0, 0.05) is 0 Å². The average Bonchev–Trinajstić information content (AvgIpc) is 2.26. The molecule has 2 N–H and O–H groups in total. The minimum atomic E-state index is -0.579. The summed E-state index contributed by atoms with van der Waals surface area (Å²) < 4.78 is 5.22. The van der Waals surface area contributed by atoms with Gasteiger partial charge < -0.3 is 10.5 Å². The standard InChI is InChI=1S/C12H17NO2/c1-9(2)15-8-11(14)12(13)10-6-4-3-5-7-10/h3-7,9,12H,8,13H2,1-2H3. The Bertz CT molecular complexity index is 309. The van der Waals surface area contributed by atoms with Gasteiger partial charge in [0.25, 0.3) is 0 Å². The van der Waals surface area contributed by atoms with E-state index in [-0.39, 0.29) is 18.5 Å². The fourth-order valence-corrected chi connectivity index (χ4v) is 1.18. The van der Waals surface area contributed by atoms with Crippen molar-refractivity contribution in [1.82, 2.24) is 0 Å². The minimum absolute atomic E-state index is 0.0527. The number of benzene rings is 1. The molecule has 3 heteroatoms. The molecule has 0 aliphatic rings. The van der Waals surface area contributed by atoms with E-state index in [2.05, 4.69) is 0 Å². The van der Waals surface area contributed by atoms with E-state index in [1.54, 1.807) is 0 Å². The minimum Gasteiger partial charge on any atom is -0.371 e. The highest BCUT2D eigenvalue weighted by Crippen LogP contribution is 2.10. The number of Topliss-reactive ketones (excluding diaryl/α,β-unsaturated/α-hetero) is 1. The lowest BCUT2D eigenvalue weighted by atomic mass is 10.0. The van der Waals surface area contributed by atoms with Crippen LogP contribution in [0.2, 0.25) is 0 Å². The molecule has 15 heavy (non-hydrogen) atoms. The first-order valence-corrected chi connectivity index (χ1v) is 5.06. The molecule has 0 fully saturated rings. The van der Waals surface area contributed by atoms with Crippen molar-refractivity contribution in [3.05, 3.63) is 35.9 Å². The van der Waals surface area contributed by atoms with Crippen molar-refractivity contribution in [2.75, 3.05) is 6.61 Å². The Balaban J connectivity index is 2.54. The van der Waals surface area contributed by atoms with Crippen molar-refractivity contribution in [2.45, 2.75) is 26.0 Å². The molecule has 0 amide bonds. The average molecular weight is 207 g/mol. The Kier molecular flexibility index (Phi) is 4.46. The van der Waals surface area contributed by atoms with Crippen molar-refractivity contribution in [3.8, 4) is 0 Å². The number of hydrogen-bond acceptors (Lipinski definition) is 3. The maximum Gasteiger partial charge on any atom is 0.179 e. The van der Waals surface area contributed by atoms with E-state index in [0.29, 0.717) is 0 Å². The molecule has 0 saturated heterocycles. The quantitative estimate of drug-likeness (QED) is 0.799. The number of hydrogen-bond donors (Lipinski definition) is 1. The van der Waals surface area contributed by atoms with Gasteiger partial charge in [0.2, 0.25) is 0 Å². The van der Waals surface area contributed by atoms with Crippen molar-refractivity contribution < 1.29 is 9.53 Å². The number of carbonyl (C=O) groups excluding carboxylic acids is 1. The van der Waals surface area contributed by atoms with Crippen molar-refractivity contribution in [3.63, 3.8) is 0 Å². The van der Waals surface area contributed by atoms with Crippen LogP contribution < -0.4 is 5.73 Å². The Morgan fingerprint density at radius 2 is 1.93 bits per heavy atom. The molecule has 1 aromatic rings. The van der Waals surface area contributed by atoms with Crippen molar-refractivity contribution in [2.24, 2.45) is 5.73 Å². The molecular weight excluding hydrogens is 190 g/mol. The molecule has 0 heterocycles. The molecule has 0 aromatic heterocycles. The smallest absolute Gasteiger partial charge is 0.179 e. The predicted molar refractivity (Wildman–Crippen MR) is 59.5 cm³/mol. The molecular formula is C12H17NO2. The lowest BCUT2D eigenvalue weighted by molar-refractivity contribution is -0.126. The van der Waals surface area contributed by atoms with E-state index in [4.69, 9.17) is 10.5 Å². The summed E-state index contributed by atoms with van der Waals surface area (Å²) in [4.78, 5) is 11.6. The maximum absolute atomic E-state index is 11.6. The first-order chi connectivity index (χ1) is 7.11. The van der Waals surface area contributed by atoms with Gasteiger partial charge in [-0.1, -0.05) is 30.3 Å². The van der Waals surface area contributed by atoms with E-state index in [9.17, 15) is 4.79 Å². The monoisotopic (exact) mass is 207 g/mol. The highest BCUT2D eigenvalue weighted by molar-refractivity contribution is 5.86. The van der Waals surface area contributed by atoms with E-state index in [1.165, 1.54) is 0 Å². The van der Waals surface area contributed by atoms with Crippen LogP contribution in [-0.2, 0) is 9.53 Å². The van der Waals surface area contributed by atoms with E-state index >= 15 is 0 Å². The van der Waals surface area contributed by atoms with E-state index < -0.39 is 6.04 Å². The van der Waals surface area contributed by atoms with Crippen LogP contribution in [0.5, 0.6) is 0 Å². The molecule has 1 unspecified atom stereocenters. The Morgan fingerprint density at radius 1 is 1.33 bits per heavy atom. The third-order valence-corrected chi connectivity index (χ3v) is 2.06. The largest absolute Gasteiger partial charge is 0.371 e. The SMILES string of the molecule is CC(C)OCC(=O)C(N)c1ccccc1. The maximum atomic E-state index is 11.6. The van der Waals surface area contributed by atoms with Crippen LogP contribution in [0.3, 0.4) is 0 Å². The first kappa shape index (κ1) is 11.9. The summed E-state index contributed by atoms with van der Waals surface area (Å²) in [7, 11) is 0. The summed E-state index contributed by atoms with van der Waals surface area (Å²) in [5.74, 6) is -0.0881. The van der Waals surface area contributed by atoms with Crippen LogP contribution in [-0.4, -0.2) is 18.5 Å². The fourth-order valence-electron chi connectivity index (χ4n) is 1.18. The van der Waals surface area contributed by atoms with Gasteiger partial charge in [-0.2, -0.15) is 0 Å². The molecule has 0 aliphatic carbocycles. The number of rotatable bonds is 5.